The van der Waals surface area contributed by atoms with Crippen molar-refractivity contribution >= 4 is 34.6 Å². The van der Waals surface area contributed by atoms with Gasteiger partial charge in [0.25, 0.3) is 0 Å². The summed E-state index contributed by atoms with van der Waals surface area (Å²) < 4.78 is 7.83. The van der Waals surface area contributed by atoms with Crippen LogP contribution in [0.4, 0.5) is 22.9 Å². The number of hydrogen-bond acceptors (Lipinski definition) is 6. The summed E-state index contributed by atoms with van der Waals surface area (Å²) in [5.74, 6) is 3.10. The van der Waals surface area contributed by atoms with Crippen LogP contribution in [0.15, 0.2) is 119 Å². The van der Waals surface area contributed by atoms with Crippen LogP contribution < -0.4 is 15.0 Å². The Morgan fingerprint density at radius 2 is 1.52 bits per heavy atom. The molecular formula is C35H32N6O. The lowest BCUT2D eigenvalue weighted by Crippen LogP contribution is -2.46. The molecule has 0 spiro atoms. The number of amidine groups is 2. The average molecular weight is 553 g/mol. The predicted molar refractivity (Wildman–Crippen MR) is 170 cm³/mol. The van der Waals surface area contributed by atoms with Crippen molar-refractivity contribution < 1.29 is 4.74 Å². The van der Waals surface area contributed by atoms with Gasteiger partial charge in [-0.25, -0.2) is 14.7 Å². The van der Waals surface area contributed by atoms with Gasteiger partial charge in [-0.3, -0.25) is 0 Å². The van der Waals surface area contributed by atoms with Crippen LogP contribution in [0.5, 0.6) is 5.75 Å². The molecule has 3 heterocycles. The van der Waals surface area contributed by atoms with Crippen molar-refractivity contribution in [1.82, 2.24) is 9.78 Å². The second-order valence-electron chi connectivity index (χ2n) is 10.5. The zero-order chi connectivity index (χ0) is 28.5. The van der Waals surface area contributed by atoms with Crippen LogP contribution in [-0.2, 0) is 0 Å². The number of rotatable bonds is 7. The third kappa shape index (κ3) is 4.63. The third-order valence-corrected chi connectivity index (χ3v) is 7.64. The Bertz CT molecular complexity index is 1770. The second kappa shape index (κ2) is 11.0. The Morgan fingerprint density at radius 1 is 0.810 bits per heavy atom. The summed E-state index contributed by atoms with van der Waals surface area (Å²) in [6, 6.07) is 36.9. The maximum atomic E-state index is 5.88. The molecule has 7 rings (SSSR count). The van der Waals surface area contributed by atoms with Gasteiger partial charge in [0.05, 0.1) is 35.4 Å². The van der Waals surface area contributed by atoms with Crippen molar-refractivity contribution in [1.29, 1.82) is 0 Å². The number of nitrogens with zero attached hydrogens (tertiary/aromatic N) is 5. The lowest BCUT2D eigenvalue weighted by atomic mass is 9.93. The number of benzene rings is 4. The minimum Gasteiger partial charge on any atom is -0.494 e. The molecule has 2 aliphatic heterocycles. The number of hydrogen-bond donors (Lipinski definition) is 1. The van der Waals surface area contributed by atoms with Gasteiger partial charge in [0.2, 0.25) is 0 Å². The number of aryl methyl sites for hydroxylation is 1. The number of para-hydroxylation sites is 3. The molecular weight excluding hydrogens is 520 g/mol. The first-order valence-corrected chi connectivity index (χ1v) is 14.5. The monoisotopic (exact) mass is 552 g/mol. The van der Waals surface area contributed by atoms with E-state index in [1.165, 1.54) is 0 Å². The maximum absolute atomic E-state index is 5.88. The van der Waals surface area contributed by atoms with E-state index in [2.05, 4.69) is 84.7 Å². The van der Waals surface area contributed by atoms with E-state index in [4.69, 9.17) is 19.8 Å². The highest BCUT2D eigenvalue weighted by Crippen LogP contribution is 2.48. The lowest BCUT2D eigenvalue weighted by Gasteiger charge is -2.40. The molecule has 208 valence electrons. The summed E-state index contributed by atoms with van der Waals surface area (Å²) >= 11 is 0. The van der Waals surface area contributed by atoms with E-state index >= 15 is 0 Å². The molecule has 0 radical (unpaired) electrons. The molecule has 7 nitrogen and oxygen atoms in total. The van der Waals surface area contributed by atoms with E-state index in [0.29, 0.717) is 5.84 Å². The molecule has 2 aliphatic rings. The number of ether oxygens (including phenoxy) is 1. The van der Waals surface area contributed by atoms with Gasteiger partial charge in [-0.1, -0.05) is 74.0 Å². The molecule has 0 unspecified atom stereocenters. The summed E-state index contributed by atoms with van der Waals surface area (Å²) in [6.45, 7) is 4.95. The van der Waals surface area contributed by atoms with Gasteiger partial charge < -0.3 is 15.0 Å². The third-order valence-electron chi connectivity index (χ3n) is 7.64. The Morgan fingerprint density at radius 3 is 2.29 bits per heavy atom. The Labute approximate surface area is 245 Å². The number of aromatic nitrogens is 2. The lowest BCUT2D eigenvalue weighted by molar-refractivity contribution is 0.309. The molecule has 0 bridgehead atoms. The number of anilines is 2. The average Bonchev–Trinajstić information content (AvgIpc) is 3.37. The van der Waals surface area contributed by atoms with Gasteiger partial charge in [-0.2, -0.15) is 5.10 Å². The van der Waals surface area contributed by atoms with Crippen LogP contribution in [-0.4, -0.2) is 28.1 Å². The number of nitrogens with one attached hydrogen (secondary N) is 1. The highest BCUT2D eigenvalue weighted by atomic mass is 16.5. The largest absolute Gasteiger partial charge is 0.494 e. The second-order valence-corrected chi connectivity index (χ2v) is 10.5. The van der Waals surface area contributed by atoms with Crippen molar-refractivity contribution in [3.63, 3.8) is 0 Å². The quantitative estimate of drug-likeness (QED) is 0.207. The van der Waals surface area contributed by atoms with Gasteiger partial charge >= 0.3 is 0 Å². The normalized spacial score (nSPS) is 15.2. The molecule has 4 aromatic carbocycles. The standard InChI is InChI=1S/C35H32N6O/c1-3-4-23-42-28-21-19-26(20-22-28)36-33-35-38-34-31(24(2)39-41(34)27-15-9-6-10-16-27)32(25-13-7-5-8-14-25)40(35)30-18-12-11-17-29(30)37-33/h5-22,32H,3-4,23H2,1-2H3,(H,36,37)/t32-/m0/s1. The minimum atomic E-state index is -0.144. The highest BCUT2D eigenvalue weighted by molar-refractivity contribution is 6.51. The maximum Gasteiger partial charge on any atom is 0.179 e. The molecule has 0 aliphatic carbocycles. The van der Waals surface area contributed by atoms with Gasteiger partial charge in [0, 0.05) is 11.3 Å². The van der Waals surface area contributed by atoms with Crippen LogP contribution >= 0.6 is 0 Å². The topological polar surface area (TPSA) is 67.0 Å². The van der Waals surface area contributed by atoms with Gasteiger partial charge in [0.1, 0.15) is 5.75 Å². The molecule has 0 amide bonds. The van der Waals surface area contributed by atoms with E-state index < -0.39 is 0 Å². The van der Waals surface area contributed by atoms with E-state index in [1.54, 1.807) is 0 Å². The van der Waals surface area contributed by atoms with Crippen molar-refractivity contribution in [2.24, 2.45) is 9.98 Å². The molecule has 0 saturated heterocycles. The molecule has 5 aromatic rings. The fourth-order valence-electron chi connectivity index (χ4n) is 5.60. The first-order valence-electron chi connectivity index (χ1n) is 14.5. The number of aliphatic imine (C=N–C) groups is 2. The molecule has 0 fully saturated rings. The zero-order valence-electron chi connectivity index (χ0n) is 23.7. The van der Waals surface area contributed by atoms with E-state index in [-0.39, 0.29) is 6.04 Å². The molecule has 1 aromatic heterocycles. The first kappa shape index (κ1) is 25.8. The highest BCUT2D eigenvalue weighted by Gasteiger charge is 2.41. The van der Waals surface area contributed by atoms with E-state index in [9.17, 15) is 0 Å². The Hall–Kier alpha value is -5.17. The molecule has 1 atom stereocenters. The summed E-state index contributed by atoms with van der Waals surface area (Å²) in [5.41, 5.74) is 6.95. The first-order chi connectivity index (χ1) is 20.7. The molecule has 1 N–H and O–H groups in total. The SMILES string of the molecule is CCCCOc1ccc(NC2=Nc3ccccc3N3C2=Nc2c(c(C)nn2-c2ccccc2)[C@@H]3c2ccccc2)cc1. The smallest absolute Gasteiger partial charge is 0.179 e. The fraction of sp³-hybridized carbons (Fsp3) is 0.171. The summed E-state index contributed by atoms with van der Waals surface area (Å²) in [4.78, 5) is 12.7. The van der Waals surface area contributed by atoms with Crippen molar-refractivity contribution in [2.45, 2.75) is 32.7 Å². The molecule has 7 heteroatoms. The van der Waals surface area contributed by atoms with Crippen LogP contribution in [0.25, 0.3) is 5.69 Å². The van der Waals surface area contributed by atoms with E-state index in [0.717, 1.165) is 76.4 Å². The molecule has 42 heavy (non-hydrogen) atoms. The summed E-state index contributed by atoms with van der Waals surface area (Å²) in [7, 11) is 0. The minimum absolute atomic E-state index is 0.144. The van der Waals surface area contributed by atoms with Gasteiger partial charge in [-0.05, 0) is 67.4 Å². The van der Waals surface area contributed by atoms with Crippen LogP contribution in [0, 0.1) is 6.92 Å². The number of fused-ring (bicyclic) bond motifs is 4. The Kier molecular flexibility index (Phi) is 6.76. The van der Waals surface area contributed by atoms with Crippen LogP contribution in [0.1, 0.15) is 42.6 Å². The van der Waals surface area contributed by atoms with Crippen LogP contribution in [0.3, 0.4) is 0 Å². The molecule has 0 saturated carbocycles. The summed E-state index contributed by atoms with van der Waals surface area (Å²) in [6.07, 6.45) is 2.14. The van der Waals surface area contributed by atoms with Gasteiger partial charge in [0.15, 0.2) is 17.5 Å². The summed E-state index contributed by atoms with van der Waals surface area (Å²) in [5, 5.41) is 8.59. The van der Waals surface area contributed by atoms with Crippen molar-refractivity contribution in [3.8, 4) is 11.4 Å². The van der Waals surface area contributed by atoms with Crippen LogP contribution in [0.2, 0.25) is 0 Å². The van der Waals surface area contributed by atoms with Gasteiger partial charge in [-0.15, -0.1) is 0 Å². The van der Waals surface area contributed by atoms with Crippen molar-refractivity contribution in [2.75, 3.05) is 16.8 Å². The van der Waals surface area contributed by atoms with Crippen molar-refractivity contribution in [3.05, 3.63) is 126 Å². The fourth-order valence-corrected chi connectivity index (χ4v) is 5.60. The predicted octanol–water partition coefficient (Wildman–Crippen LogP) is 8.15. The number of unbranched alkanes of at least 4 members (excludes halogenated alkanes) is 1. The Balaban J connectivity index is 1.38. The van der Waals surface area contributed by atoms with E-state index in [1.807, 2.05) is 53.2 Å². The zero-order valence-corrected chi connectivity index (χ0v) is 23.7.